The molecule has 3 aromatic rings. The fourth-order valence-corrected chi connectivity index (χ4v) is 5.27. The molecular weight excluding hydrogens is 448 g/mol. The summed E-state index contributed by atoms with van der Waals surface area (Å²) in [5.41, 5.74) is 5.84. The molecule has 1 amide bonds. The molecule has 3 rings (SSSR count). The maximum atomic E-state index is 13.5. The summed E-state index contributed by atoms with van der Waals surface area (Å²) in [4.78, 5) is 13.2. The molecule has 0 aliphatic heterocycles. The second-order valence-corrected chi connectivity index (χ2v) is 10.5. The van der Waals surface area contributed by atoms with Gasteiger partial charge in [-0.1, -0.05) is 29.8 Å². The molecule has 0 saturated carbocycles. The van der Waals surface area contributed by atoms with Crippen LogP contribution in [0.3, 0.4) is 0 Å². The molecule has 1 N–H and O–H groups in total. The molecule has 0 aliphatic carbocycles. The van der Waals surface area contributed by atoms with Gasteiger partial charge in [0.2, 0.25) is 5.91 Å². The fourth-order valence-electron chi connectivity index (χ4n) is 3.85. The number of nitrogens with zero attached hydrogens (tertiary/aromatic N) is 1. The average molecular weight is 481 g/mol. The third-order valence-corrected chi connectivity index (χ3v) is 7.77. The van der Waals surface area contributed by atoms with Crippen LogP contribution < -0.4 is 14.4 Å². The molecule has 0 aromatic heterocycles. The number of ether oxygens (including phenoxy) is 1. The topological polar surface area (TPSA) is 75.7 Å². The summed E-state index contributed by atoms with van der Waals surface area (Å²) in [5, 5.41) is 2.97. The Morgan fingerprint density at radius 3 is 2.09 bits per heavy atom. The number of methoxy groups -OCH3 is 1. The first-order valence-corrected chi connectivity index (χ1v) is 12.6. The first-order valence-electron chi connectivity index (χ1n) is 11.1. The molecular formula is C27H32N2O4S. The fraction of sp³-hybridized carbons (Fsp3) is 0.296. The van der Waals surface area contributed by atoms with Gasteiger partial charge < -0.3 is 10.1 Å². The van der Waals surface area contributed by atoms with E-state index in [9.17, 15) is 13.2 Å². The second-order valence-electron chi connectivity index (χ2n) is 8.61. The van der Waals surface area contributed by atoms with Crippen LogP contribution in [0.2, 0.25) is 0 Å². The zero-order valence-corrected chi connectivity index (χ0v) is 21.4. The van der Waals surface area contributed by atoms with Crippen LogP contribution in [0.5, 0.6) is 5.75 Å². The maximum absolute atomic E-state index is 13.5. The first kappa shape index (κ1) is 25.3. The number of carbonyl (C=O) groups excluding carboxylic acids is 1. The van der Waals surface area contributed by atoms with E-state index in [0.717, 1.165) is 26.6 Å². The normalized spacial score (nSPS) is 12.2. The van der Waals surface area contributed by atoms with Gasteiger partial charge in [0, 0.05) is 0 Å². The molecule has 0 radical (unpaired) electrons. The zero-order valence-electron chi connectivity index (χ0n) is 20.5. The highest BCUT2D eigenvalue weighted by molar-refractivity contribution is 7.92. The zero-order chi connectivity index (χ0) is 25.0. The predicted octanol–water partition coefficient (Wildman–Crippen LogP) is 5.00. The van der Waals surface area contributed by atoms with Crippen molar-refractivity contribution in [2.24, 2.45) is 0 Å². The minimum Gasteiger partial charge on any atom is -0.497 e. The van der Waals surface area contributed by atoms with Crippen molar-refractivity contribution in [1.82, 2.24) is 5.32 Å². The predicted molar refractivity (Wildman–Crippen MR) is 136 cm³/mol. The van der Waals surface area contributed by atoms with Crippen LogP contribution in [-0.2, 0) is 14.8 Å². The standard InChI is InChI=1S/C27H32N2O4S/c1-18-7-9-23(10-8-18)29(34(31,32)25-13-11-24(33-6)12-14-25)17-27(30)28-22(5)26-16-20(3)19(2)15-21(26)4/h7-16,22H,17H2,1-6H3,(H,28,30). The number of hydrogen-bond donors (Lipinski definition) is 1. The summed E-state index contributed by atoms with van der Waals surface area (Å²) < 4.78 is 33.4. The molecule has 3 aromatic carbocycles. The highest BCUT2D eigenvalue weighted by Crippen LogP contribution is 2.26. The molecule has 0 heterocycles. The van der Waals surface area contributed by atoms with Gasteiger partial charge in [0.15, 0.2) is 0 Å². The van der Waals surface area contributed by atoms with E-state index in [0.29, 0.717) is 11.4 Å². The minimum absolute atomic E-state index is 0.0831. The lowest BCUT2D eigenvalue weighted by Gasteiger charge is -2.26. The summed E-state index contributed by atoms with van der Waals surface area (Å²) in [6.07, 6.45) is 0. The van der Waals surface area contributed by atoms with Gasteiger partial charge in [0.05, 0.1) is 23.7 Å². The summed E-state index contributed by atoms with van der Waals surface area (Å²) in [5.74, 6) is 0.166. The van der Waals surface area contributed by atoms with E-state index in [-0.39, 0.29) is 23.4 Å². The molecule has 1 unspecified atom stereocenters. The lowest BCUT2D eigenvalue weighted by molar-refractivity contribution is -0.120. The van der Waals surface area contributed by atoms with Crippen molar-refractivity contribution < 1.29 is 17.9 Å². The SMILES string of the molecule is COc1ccc(S(=O)(=O)N(CC(=O)NC(C)c2cc(C)c(C)cc2C)c2ccc(C)cc2)cc1. The Hall–Kier alpha value is -3.32. The van der Waals surface area contributed by atoms with Crippen LogP contribution in [0.1, 0.15) is 40.8 Å². The third-order valence-electron chi connectivity index (χ3n) is 5.98. The monoisotopic (exact) mass is 480 g/mol. The van der Waals surface area contributed by atoms with Crippen LogP contribution in [0.25, 0.3) is 0 Å². The number of rotatable bonds is 8. The lowest BCUT2D eigenvalue weighted by Crippen LogP contribution is -2.41. The van der Waals surface area contributed by atoms with Crippen molar-refractivity contribution in [2.45, 2.75) is 45.6 Å². The minimum atomic E-state index is -3.99. The maximum Gasteiger partial charge on any atom is 0.264 e. The Morgan fingerprint density at radius 1 is 0.912 bits per heavy atom. The molecule has 6 nitrogen and oxygen atoms in total. The molecule has 1 atom stereocenters. The molecule has 0 saturated heterocycles. The quantitative estimate of drug-likeness (QED) is 0.492. The number of benzene rings is 3. The second kappa shape index (κ2) is 10.3. The van der Waals surface area contributed by atoms with E-state index >= 15 is 0 Å². The van der Waals surface area contributed by atoms with Crippen LogP contribution in [0.4, 0.5) is 5.69 Å². The third kappa shape index (κ3) is 5.59. The number of amides is 1. The number of aryl methyl sites for hydroxylation is 4. The number of hydrogen-bond acceptors (Lipinski definition) is 4. The van der Waals surface area contributed by atoms with Crippen molar-refractivity contribution in [1.29, 1.82) is 0 Å². The van der Waals surface area contributed by atoms with Gasteiger partial charge in [-0.15, -0.1) is 0 Å². The molecule has 7 heteroatoms. The first-order chi connectivity index (χ1) is 16.0. The van der Waals surface area contributed by atoms with Crippen LogP contribution in [-0.4, -0.2) is 28.0 Å². The Bertz CT molecular complexity index is 1270. The molecule has 0 spiro atoms. The summed E-state index contributed by atoms with van der Waals surface area (Å²) in [7, 11) is -2.47. The molecule has 180 valence electrons. The van der Waals surface area contributed by atoms with Gasteiger partial charge >= 0.3 is 0 Å². The number of carbonyl (C=O) groups is 1. The Balaban J connectivity index is 1.90. The summed E-state index contributed by atoms with van der Waals surface area (Å²) >= 11 is 0. The van der Waals surface area contributed by atoms with E-state index in [4.69, 9.17) is 4.74 Å². The molecule has 0 aliphatic rings. The van der Waals surface area contributed by atoms with Crippen molar-refractivity contribution >= 4 is 21.6 Å². The number of nitrogens with one attached hydrogen (secondary N) is 1. The highest BCUT2D eigenvalue weighted by atomic mass is 32.2. The van der Waals surface area contributed by atoms with Crippen LogP contribution >= 0.6 is 0 Å². The van der Waals surface area contributed by atoms with E-state index in [1.807, 2.05) is 39.8 Å². The number of anilines is 1. The van der Waals surface area contributed by atoms with Crippen molar-refractivity contribution in [2.75, 3.05) is 18.0 Å². The van der Waals surface area contributed by atoms with Gasteiger partial charge in [-0.3, -0.25) is 9.10 Å². The van der Waals surface area contributed by atoms with Gasteiger partial charge in [0.1, 0.15) is 12.3 Å². The Morgan fingerprint density at radius 2 is 1.50 bits per heavy atom. The van der Waals surface area contributed by atoms with Crippen molar-refractivity contribution in [3.63, 3.8) is 0 Å². The van der Waals surface area contributed by atoms with Gasteiger partial charge in [-0.25, -0.2) is 8.42 Å². The largest absolute Gasteiger partial charge is 0.497 e. The average Bonchev–Trinajstić information content (AvgIpc) is 2.80. The molecule has 0 bridgehead atoms. The Kier molecular flexibility index (Phi) is 7.67. The number of sulfonamides is 1. The van der Waals surface area contributed by atoms with Crippen LogP contribution in [0, 0.1) is 27.7 Å². The van der Waals surface area contributed by atoms with E-state index in [1.54, 1.807) is 24.3 Å². The van der Waals surface area contributed by atoms with E-state index in [1.165, 1.54) is 24.8 Å². The lowest BCUT2D eigenvalue weighted by atomic mass is 9.96. The van der Waals surface area contributed by atoms with Gasteiger partial charge in [-0.2, -0.15) is 0 Å². The molecule has 0 fully saturated rings. The Labute approximate surface area is 202 Å². The van der Waals surface area contributed by atoms with Crippen molar-refractivity contribution in [3.05, 3.63) is 88.5 Å². The summed E-state index contributed by atoms with van der Waals surface area (Å²) in [6, 6.07) is 17.1. The van der Waals surface area contributed by atoms with E-state index in [2.05, 4.69) is 24.4 Å². The van der Waals surface area contributed by atoms with Crippen molar-refractivity contribution in [3.8, 4) is 5.75 Å². The van der Waals surface area contributed by atoms with Gasteiger partial charge in [-0.05, 0) is 93.3 Å². The highest BCUT2D eigenvalue weighted by Gasteiger charge is 2.28. The van der Waals surface area contributed by atoms with Gasteiger partial charge in [0.25, 0.3) is 10.0 Å². The molecule has 34 heavy (non-hydrogen) atoms. The summed E-state index contributed by atoms with van der Waals surface area (Å²) in [6.45, 7) is 9.59. The van der Waals surface area contributed by atoms with E-state index < -0.39 is 10.0 Å². The van der Waals surface area contributed by atoms with Crippen LogP contribution in [0.15, 0.2) is 65.6 Å². The smallest absolute Gasteiger partial charge is 0.264 e.